The minimum atomic E-state index is -4.38. The van der Waals surface area contributed by atoms with Gasteiger partial charge in [-0.25, -0.2) is 9.13 Å². The zero-order valence-electron chi connectivity index (χ0n) is 4.89. The maximum absolute atomic E-state index is 12.4. The van der Waals surface area contributed by atoms with Crippen LogP contribution in [0.3, 0.4) is 0 Å². The second-order valence-electron chi connectivity index (χ2n) is 1.81. The molecule has 1 aliphatic heterocycles. The van der Waals surface area contributed by atoms with E-state index in [1.807, 2.05) is 0 Å². The van der Waals surface area contributed by atoms with Gasteiger partial charge in [0.1, 0.15) is 0 Å². The first-order chi connectivity index (χ1) is 4.90. The zero-order valence-corrected chi connectivity index (χ0v) is 4.89. The molecule has 7 heteroatoms. The van der Waals surface area contributed by atoms with Gasteiger partial charge in [-0.2, -0.15) is 4.39 Å². The molecule has 11 heavy (non-hydrogen) atoms. The number of aldehydes is 1. The summed E-state index contributed by atoms with van der Waals surface area (Å²) in [7, 11) is 0. The summed E-state index contributed by atoms with van der Waals surface area (Å²) in [4.78, 5) is 9.67. The highest BCUT2D eigenvalue weighted by Crippen LogP contribution is 2.39. The first kappa shape index (κ1) is 8.41. The van der Waals surface area contributed by atoms with Gasteiger partial charge in [0.05, 0.1) is 0 Å². The van der Waals surface area contributed by atoms with Crippen molar-refractivity contribution in [2.75, 3.05) is 0 Å². The first-order valence-electron chi connectivity index (χ1n) is 2.45. The summed E-state index contributed by atoms with van der Waals surface area (Å²) < 4.78 is 54.0. The lowest BCUT2D eigenvalue weighted by molar-refractivity contribution is -0.366. The Labute approximate surface area is 57.9 Å². The molecule has 1 fully saturated rings. The largest absolute Gasteiger partial charge is 0.491 e. The highest BCUT2D eigenvalue weighted by Gasteiger charge is 2.61. The van der Waals surface area contributed by atoms with Gasteiger partial charge >= 0.3 is 12.1 Å². The van der Waals surface area contributed by atoms with Crippen LogP contribution in [0.15, 0.2) is 0 Å². The quantitative estimate of drug-likeness (QED) is 0.434. The molecule has 3 nitrogen and oxygen atoms in total. The molecule has 64 valence electrons. The fourth-order valence-electron chi connectivity index (χ4n) is 0.531. The van der Waals surface area contributed by atoms with Gasteiger partial charge in [-0.15, -0.1) is 8.78 Å². The molecule has 0 saturated carbocycles. The molecule has 0 aromatic carbocycles. The molecule has 0 aliphatic carbocycles. The van der Waals surface area contributed by atoms with Crippen molar-refractivity contribution < 1.29 is 31.8 Å². The maximum atomic E-state index is 12.4. The van der Waals surface area contributed by atoms with Crippen molar-refractivity contribution in [2.24, 2.45) is 0 Å². The average molecular weight is 174 g/mol. The summed E-state index contributed by atoms with van der Waals surface area (Å²) >= 11 is 0. The van der Waals surface area contributed by atoms with Gasteiger partial charge in [-0.05, 0) is 0 Å². The molecular weight excluding hydrogens is 172 g/mol. The van der Waals surface area contributed by atoms with E-state index >= 15 is 0 Å². The van der Waals surface area contributed by atoms with Crippen molar-refractivity contribution >= 4 is 6.29 Å². The number of alkyl halides is 4. The number of halogens is 4. The monoisotopic (exact) mass is 174 g/mol. The number of carbonyl (C=O) groups is 1. The van der Waals surface area contributed by atoms with E-state index in [9.17, 15) is 22.4 Å². The van der Waals surface area contributed by atoms with E-state index < -0.39 is 24.8 Å². The Morgan fingerprint density at radius 1 is 1.36 bits per heavy atom. The van der Waals surface area contributed by atoms with E-state index in [2.05, 4.69) is 9.47 Å². The molecule has 0 radical (unpaired) electrons. The minimum Gasteiger partial charge on any atom is -0.297 e. The van der Waals surface area contributed by atoms with Crippen LogP contribution in [-0.4, -0.2) is 24.8 Å². The van der Waals surface area contributed by atoms with Crippen LogP contribution in [-0.2, 0) is 14.3 Å². The fraction of sp³-hybridized carbons (Fsp3) is 0.750. The fourth-order valence-corrected chi connectivity index (χ4v) is 0.531. The van der Waals surface area contributed by atoms with Crippen molar-refractivity contribution in [1.82, 2.24) is 0 Å². The summed E-state index contributed by atoms with van der Waals surface area (Å²) in [6.07, 6.45) is -8.19. The SMILES string of the molecule is O=CC1(F)OC(F)(F)OC1F. The lowest BCUT2D eigenvalue weighted by atomic mass is 10.4. The second kappa shape index (κ2) is 2.15. The molecule has 1 saturated heterocycles. The maximum Gasteiger partial charge on any atom is 0.491 e. The number of hydrogen-bond acceptors (Lipinski definition) is 3. The second-order valence-corrected chi connectivity index (χ2v) is 1.81. The Hall–Kier alpha value is -0.690. The number of ether oxygens (including phenoxy) is 2. The van der Waals surface area contributed by atoms with Crippen LogP contribution in [0.25, 0.3) is 0 Å². The minimum absolute atomic E-state index is 0.724. The highest BCUT2D eigenvalue weighted by atomic mass is 19.3. The van der Waals surface area contributed by atoms with Gasteiger partial charge in [0.25, 0.3) is 6.36 Å². The summed E-state index contributed by atoms with van der Waals surface area (Å²) in [5.74, 6) is -3.69. The van der Waals surface area contributed by atoms with E-state index in [4.69, 9.17) is 0 Å². The van der Waals surface area contributed by atoms with E-state index in [1.165, 1.54) is 0 Å². The van der Waals surface area contributed by atoms with Crippen LogP contribution in [0.4, 0.5) is 17.6 Å². The van der Waals surface area contributed by atoms with Crippen molar-refractivity contribution in [1.29, 1.82) is 0 Å². The summed E-state index contributed by atoms with van der Waals surface area (Å²) in [6.45, 7) is 0. The van der Waals surface area contributed by atoms with E-state index in [0.29, 0.717) is 0 Å². The topological polar surface area (TPSA) is 35.5 Å². The van der Waals surface area contributed by atoms with Crippen LogP contribution >= 0.6 is 0 Å². The van der Waals surface area contributed by atoms with Crippen LogP contribution in [0.2, 0.25) is 0 Å². The Morgan fingerprint density at radius 2 is 1.91 bits per heavy atom. The molecule has 1 heterocycles. The average Bonchev–Trinajstić information content (AvgIpc) is 2.03. The normalized spacial score (nSPS) is 42.4. The third kappa shape index (κ3) is 1.33. The third-order valence-corrected chi connectivity index (χ3v) is 0.986. The van der Waals surface area contributed by atoms with Crippen LogP contribution in [0.5, 0.6) is 0 Å². The van der Waals surface area contributed by atoms with Crippen molar-refractivity contribution in [3.8, 4) is 0 Å². The van der Waals surface area contributed by atoms with Crippen LogP contribution in [0.1, 0.15) is 0 Å². The third-order valence-electron chi connectivity index (χ3n) is 0.986. The summed E-state index contributed by atoms with van der Waals surface area (Å²) in [5, 5.41) is 0. The standard InChI is InChI=1S/C4H2F4O3/c5-2-3(6,1-9)11-4(7,8)10-2/h1-2H. The van der Waals surface area contributed by atoms with Crippen molar-refractivity contribution in [3.05, 3.63) is 0 Å². The van der Waals surface area contributed by atoms with Gasteiger partial charge < -0.3 is 0 Å². The van der Waals surface area contributed by atoms with Crippen LogP contribution < -0.4 is 0 Å². The summed E-state index contributed by atoms with van der Waals surface area (Å²) in [6, 6.07) is 0. The Morgan fingerprint density at radius 3 is 2.09 bits per heavy atom. The van der Waals surface area contributed by atoms with E-state index in [0.717, 1.165) is 0 Å². The van der Waals surface area contributed by atoms with Gasteiger partial charge in [0.2, 0.25) is 0 Å². The van der Waals surface area contributed by atoms with Crippen molar-refractivity contribution in [2.45, 2.75) is 18.5 Å². The molecule has 0 amide bonds. The highest BCUT2D eigenvalue weighted by molar-refractivity contribution is 5.61. The molecule has 1 rings (SSSR count). The van der Waals surface area contributed by atoms with Crippen LogP contribution in [0, 0.1) is 0 Å². The predicted molar refractivity (Wildman–Crippen MR) is 21.9 cm³/mol. The molecule has 0 spiro atoms. The van der Waals surface area contributed by atoms with E-state index in [-0.39, 0.29) is 0 Å². The lowest BCUT2D eigenvalue weighted by Gasteiger charge is -2.09. The van der Waals surface area contributed by atoms with E-state index in [1.54, 1.807) is 0 Å². The first-order valence-corrected chi connectivity index (χ1v) is 2.45. The number of rotatable bonds is 1. The molecular formula is C4H2F4O3. The lowest BCUT2D eigenvalue weighted by Crippen LogP contribution is -2.34. The molecule has 0 bridgehead atoms. The Kier molecular flexibility index (Phi) is 1.64. The van der Waals surface area contributed by atoms with Crippen molar-refractivity contribution in [3.63, 3.8) is 0 Å². The van der Waals surface area contributed by atoms with Gasteiger partial charge in [0.15, 0.2) is 6.29 Å². The molecule has 0 aromatic heterocycles. The zero-order chi connectivity index (χ0) is 8.70. The Balaban J connectivity index is 2.81. The number of hydrogen-bond donors (Lipinski definition) is 0. The molecule has 1 aliphatic rings. The van der Waals surface area contributed by atoms with Gasteiger partial charge in [0, 0.05) is 0 Å². The molecule has 2 unspecified atom stereocenters. The molecule has 2 atom stereocenters. The van der Waals surface area contributed by atoms with Gasteiger partial charge in [-0.3, -0.25) is 9.53 Å². The molecule has 0 aromatic rings. The summed E-state index contributed by atoms with van der Waals surface area (Å²) in [5.41, 5.74) is 0. The molecule has 0 N–H and O–H groups in total. The smallest absolute Gasteiger partial charge is 0.297 e. The predicted octanol–water partition coefficient (Wildman–Crippen LogP) is 0.744. The van der Waals surface area contributed by atoms with Gasteiger partial charge in [-0.1, -0.05) is 0 Å². The Bertz CT molecular complexity index is 184. The number of carbonyl (C=O) groups excluding carboxylic acids is 1.